The van der Waals surface area contributed by atoms with Gasteiger partial charge in [0.25, 0.3) is 0 Å². The normalized spacial score (nSPS) is 21.3. The van der Waals surface area contributed by atoms with E-state index in [0.29, 0.717) is 38.3 Å². The highest BCUT2D eigenvalue weighted by Crippen LogP contribution is 2.35. The fourth-order valence-electron chi connectivity index (χ4n) is 4.81. The molecule has 3 N–H and O–H groups in total. The number of amides is 1. The van der Waals surface area contributed by atoms with Crippen LogP contribution in [-0.2, 0) is 11.2 Å². The molecule has 184 valence electrons. The van der Waals surface area contributed by atoms with Gasteiger partial charge in [-0.2, -0.15) is 13.2 Å². The summed E-state index contributed by atoms with van der Waals surface area (Å²) in [5.74, 6) is 1.34. The fraction of sp³-hybridized carbons (Fsp3) is 0.609. The van der Waals surface area contributed by atoms with E-state index in [1.165, 1.54) is 0 Å². The van der Waals surface area contributed by atoms with E-state index in [-0.39, 0.29) is 12.1 Å². The maximum Gasteiger partial charge on any atom is 0.407 e. The van der Waals surface area contributed by atoms with Crippen molar-refractivity contribution in [3.8, 4) is 0 Å². The number of H-pyrrole nitrogens is 1. The van der Waals surface area contributed by atoms with E-state index in [2.05, 4.69) is 25.2 Å². The highest BCUT2D eigenvalue weighted by molar-refractivity contribution is 6.01. The Morgan fingerprint density at radius 1 is 1.21 bits per heavy atom. The molecule has 3 aromatic heterocycles. The van der Waals surface area contributed by atoms with Crippen LogP contribution in [0.5, 0.6) is 0 Å². The molecule has 34 heavy (non-hydrogen) atoms. The minimum absolute atomic E-state index is 0.117. The van der Waals surface area contributed by atoms with Crippen molar-refractivity contribution in [3.63, 3.8) is 0 Å². The first kappa shape index (κ1) is 22.9. The number of alkyl halides is 3. The van der Waals surface area contributed by atoms with Crippen LogP contribution in [-0.4, -0.2) is 57.5 Å². The van der Waals surface area contributed by atoms with E-state index < -0.39 is 18.8 Å². The number of rotatable bonds is 8. The maximum atomic E-state index is 12.6. The monoisotopic (exact) mass is 478 g/mol. The molecule has 1 amide bonds. The molecule has 2 aliphatic carbocycles. The number of aromatic nitrogens is 4. The van der Waals surface area contributed by atoms with Gasteiger partial charge in [-0.05, 0) is 50.5 Å². The number of fused-ring (bicyclic) bond motifs is 3. The zero-order chi connectivity index (χ0) is 23.7. The van der Waals surface area contributed by atoms with Gasteiger partial charge < -0.3 is 24.9 Å². The number of hydrogen-bond acceptors (Lipinski definition) is 5. The first-order valence-corrected chi connectivity index (χ1v) is 11.9. The van der Waals surface area contributed by atoms with Crippen LogP contribution < -0.4 is 10.6 Å². The Labute approximate surface area is 194 Å². The van der Waals surface area contributed by atoms with E-state index in [9.17, 15) is 18.0 Å². The average molecular weight is 479 g/mol. The number of imidazole rings is 1. The molecule has 8 nitrogen and oxygen atoms in total. The van der Waals surface area contributed by atoms with Gasteiger partial charge in [0.2, 0.25) is 0 Å². The van der Waals surface area contributed by atoms with Gasteiger partial charge in [-0.25, -0.2) is 14.8 Å². The summed E-state index contributed by atoms with van der Waals surface area (Å²) in [5, 5.41) is 6.42. The summed E-state index contributed by atoms with van der Waals surface area (Å²) in [5.41, 5.74) is 2.52. The van der Waals surface area contributed by atoms with Crippen LogP contribution >= 0.6 is 0 Å². The van der Waals surface area contributed by atoms with Crippen molar-refractivity contribution in [3.05, 3.63) is 24.3 Å². The van der Waals surface area contributed by atoms with Gasteiger partial charge in [-0.15, -0.1) is 0 Å². The van der Waals surface area contributed by atoms with Crippen LogP contribution in [0.3, 0.4) is 0 Å². The Bertz CT molecular complexity index is 1140. The summed E-state index contributed by atoms with van der Waals surface area (Å²) >= 11 is 0. The van der Waals surface area contributed by atoms with E-state index in [1.807, 2.05) is 12.3 Å². The second-order valence-electron chi connectivity index (χ2n) is 9.35. The zero-order valence-electron chi connectivity index (χ0n) is 18.8. The van der Waals surface area contributed by atoms with Crippen molar-refractivity contribution in [2.24, 2.45) is 5.92 Å². The SMILES string of the molecule is O=C(NCCc1nc2cnc3[nH]ccc3c2n1C1CCC(NCC(F)(F)F)CC1)OCC1CC1. The van der Waals surface area contributed by atoms with Crippen LogP contribution in [0, 0.1) is 5.92 Å². The molecule has 11 heteroatoms. The molecule has 3 heterocycles. The lowest BCUT2D eigenvalue weighted by Gasteiger charge is -2.31. The lowest BCUT2D eigenvalue weighted by atomic mass is 9.90. The van der Waals surface area contributed by atoms with Gasteiger partial charge >= 0.3 is 12.3 Å². The molecule has 0 spiro atoms. The van der Waals surface area contributed by atoms with Crippen molar-refractivity contribution >= 4 is 28.2 Å². The van der Waals surface area contributed by atoms with Crippen molar-refractivity contribution in [2.75, 3.05) is 19.7 Å². The average Bonchev–Trinajstić information content (AvgIpc) is 3.38. The number of alkyl carbamates (subject to hydrolysis) is 1. The van der Waals surface area contributed by atoms with Crippen LogP contribution in [0.25, 0.3) is 22.1 Å². The van der Waals surface area contributed by atoms with E-state index in [0.717, 1.165) is 53.6 Å². The summed E-state index contributed by atoms with van der Waals surface area (Å²) in [6.07, 6.45) is 4.53. The van der Waals surface area contributed by atoms with Crippen LogP contribution in [0.4, 0.5) is 18.0 Å². The fourth-order valence-corrected chi connectivity index (χ4v) is 4.81. The van der Waals surface area contributed by atoms with E-state index >= 15 is 0 Å². The lowest BCUT2D eigenvalue weighted by Crippen LogP contribution is -2.39. The highest BCUT2D eigenvalue weighted by Gasteiger charge is 2.31. The van der Waals surface area contributed by atoms with E-state index in [1.54, 1.807) is 6.20 Å². The minimum atomic E-state index is -4.20. The van der Waals surface area contributed by atoms with Gasteiger partial charge in [0.1, 0.15) is 17.0 Å². The number of aromatic amines is 1. The molecule has 0 aromatic carbocycles. The Balaban J connectivity index is 1.31. The van der Waals surface area contributed by atoms with Crippen molar-refractivity contribution in [2.45, 2.75) is 63.2 Å². The second-order valence-corrected chi connectivity index (χ2v) is 9.35. The molecule has 5 rings (SSSR count). The van der Waals surface area contributed by atoms with Gasteiger partial charge in [0.05, 0.1) is 24.9 Å². The number of carbonyl (C=O) groups excluding carboxylic acids is 1. The number of carbonyl (C=O) groups is 1. The van der Waals surface area contributed by atoms with Crippen LogP contribution in [0.2, 0.25) is 0 Å². The number of hydrogen-bond donors (Lipinski definition) is 3. The number of nitrogens with zero attached hydrogens (tertiary/aromatic N) is 3. The summed E-state index contributed by atoms with van der Waals surface area (Å²) in [4.78, 5) is 24.4. The Morgan fingerprint density at radius 2 is 2.00 bits per heavy atom. The molecule has 0 saturated heterocycles. The maximum absolute atomic E-state index is 12.6. The smallest absolute Gasteiger partial charge is 0.407 e. The lowest BCUT2D eigenvalue weighted by molar-refractivity contribution is -0.126. The van der Waals surface area contributed by atoms with Gasteiger partial charge in [-0.3, -0.25) is 0 Å². The largest absolute Gasteiger partial charge is 0.449 e. The van der Waals surface area contributed by atoms with Crippen molar-refractivity contribution in [1.29, 1.82) is 0 Å². The Kier molecular flexibility index (Phi) is 6.37. The molecule has 0 bridgehead atoms. The van der Waals surface area contributed by atoms with Crippen LogP contribution in [0.1, 0.15) is 50.4 Å². The Morgan fingerprint density at radius 3 is 2.74 bits per heavy atom. The molecule has 3 aromatic rings. The molecule has 0 atom stereocenters. The predicted molar refractivity (Wildman–Crippen MR) is 121 cm³/mol. The number of halogens is 3. The van der Waals surface area contributed by atoms with Crippen molar-refractivity contribution in [1.82, 2.24) is 30.2 Å². The molecule has 0 aliphatic heterocycles. The minimum Gasteiger partial charge on any atom is -0.449 e. The van der Waals surface area contributed by atoms with Gasteiger partial charge in [0.15, 0.2) is 0 Å². The van der Waals surface area contributed by atoms with Gasteiger partial charge in [0, 0.05) is 36.6 Å². The summed E-state index contributed by atoms with van der Waals surface area (Å²) < 4.78 is 45.2. The number of ether oxygens (including phenoxy) is 1. The summed E-state index contributed by atoms with van der Waals surface area (Å²) in [7, 11) is 0. The second kappa shape index (κ2) is 9.44. The molecule has 2 aliphatic rings. The molecular formula is C23H29F3N6O2. The van der Waals surface area contributed by atoms with Gasteiger partial charge in [-0.1, -0.05) is 0 Å². The molecule has 0 radical (unpaired) electrons. The summed E-state index contributed by atoms with van der Waals surface area (Å²) in [6, 6.07) is 1.94. The van der Waals surface area contributed by atoms with E-state index in [4.69, 9.17) is 9.72 Å². The standard InChI is InChI=1S/C23H29F3N6O2/c24-23(25,26)13-30-15-3-5-16(6-4-15)32-19(8-10-28-22(33)34-12-14-1-2-14)31-18-11-29-21-17(20(18)32)7-9-27-21/h7,9,11,14-16,30H,1-6,8,10,12-13H2,(H,27,29)(H,28,33). The predicted octanol–water partition coefficient (Wildman–Crippen LogP) is 4.23. The number of pyridine rings is 1. The van der Waals surface area contributed by atoms with Crippen LogP contribution in [0.15, 0.2) is 18.5 Å². The summed E-state index contributed by atoms with van der Waals surface area (Å²) in [6.45, 7) is -0.105. The topological polar surface area (TPSA) is 96.9 Å². The number of nitrogens with one attached hydrogen (secondary N) is 3. The third-order valence-electron chi connectivity index (χ3n) is 6.73. The third-order valence-corrected chi connectivity index (χ3v) is 6.73. The highest BCUT2D eigenvalue weighted by atomic mass is 19.4. The third kappa shape index (κ3) is 5.29. The van der Waals surface area contributed by atoms with Crippen molar-refractivity contribution < 1.29 is 22.7 Å². The molecular weight excluding hydrogens is 449 g/mol. The first-order chi connectivity index (χ1) is 16.4. The molecule has 0 unspecified atom stereocenters. The zero-order valence-corrected chi connectivity index (χ0v) is 18.8. The first-order valence-electron chi connectivity index (χ1n) is 11.9. The quantitative estimate of drug-likeness (QED) is 0.450. The molecule has 2 saturated carbocycles. The Hall–Kier alpha value is -2.82. The molecule has 2 fully saturated rings.